The number of amides is 1. The quantitative estimate of drug-likeness (QED) is 0.426. The topological polar surface area (TPSA) is 68.6 Å². The minimum atomic E-state index is -0.926. The minimum absolute atomic E-state index is 0.489. The molecule has 0 N–H and O–H groups in total. The fourth-order valence-electron chi connectivity index (χ4n) is 1.37. The third-order valence-corrected chi connectivity index (χ3v) is 2.13. The van der Waals surface area contributed by atoms with Crippen molar-refractivity contribution < 1.29 is 14.3 Å². The van der Waals surface area contributed by atoms with Gasteiger partial charge in [-0.3, -0.25) is 14.6 Å². The average molecular weight is 204 g/mol. The second-order valence-electron chi connectivity index (χ2n) is 3.05. The normalized spacial score (nSPS) is 18.5. The van der Waals surface area contributed by atoms with E-state index in [1.54, 1.807) is 12.3 Å². The van der Waals surface area contributed by atoms with Crippen LogP contribution in [0.3, 0.4) is 0 Å². The molecule has 2 heterocycles. The summed E-state index contributed by atoms with van der Waals surface area (Å²) in [5, 5.41) is 1.21. The molecule has 1 atom stereocenters. The highest BCUT2D eigenvalue weighted by molar-refractivity contribution is 6.04. The summed E-state index contributed by atoms with van der Waals surface area (Å²) in [5.41, 5.74) is 0. The summed E-state index contributed by atoms with van der Waals surface area (Å²) in [4.78, 5) is 30.3. The first kappa shape index (κ1) is 9.51. The lowest BCUT2D eigenvalue weighted by Crippen LogP contribution is -2.37. The molecule has 1 aromatic heterocycles. The summed E-state index contributed by atoms with van der Waals surface area (Å²) in [6.45, 7) is 0. The maximum Gasteiger partial charge on any atom is 0.322 e. The molecule has 1 amide bonds. The van der Waals surface area contributed by atoms with Crippen LogP contribution < -0.4 is 10.6 Å². The van der Waals surface area contributed by atoms with Crippen molar-refractivity contribution in [3.63, 3.8) is 0 Å². The van der Waals surface area contributed by atoms with Gasteiger partial charge in [-0.05, 0) is 6.07 Å². The Hall–Kier alpha value is -2.04. The van der Waals surface area contributed by atoms with Gasteiger partial charge in [0.05, 0.1) is 18.7 Å². The largest absolute Gasteiger partial charge is 0.468 e. The molecule has 5 heteroatoms. The second-order valence-corrected chi connectivity index (χ2v) is 3.05. The van der Waals surface area contributed by atoms with Gasteiger partial charge in [-0.1, -0.05) is 6.08 Å². The van der Waals surface area contributed by atoms with E-state index in [0.29, 0.717) is 5.36 Å². The number of carbonyl (C=O) groups is 2. The summed E-state index contributed by atoms with van der Waals surface area (Å²) in [7, 11) is 1.24. The van der Waals surface area contributed by atoms with E-state index in [4.69, 9.17) is 0 Å². The van der Waals surface area contributed by atoms with Crippen LogP contribution >= 0.6 is 0 Å². The van der Waals surface area contributed by atoms with E-state index in [-0.39, 0.29) is 0 Å². The Kier molecular flexibility index (Phi) is 2.29. The van der Waals surface area contributed by atoms with Gasteiger partial charge in [-0.15, -0.1) is 0 Å². The van der Waals surface area contributed by atoms with Crippen LogP contribution in [0.5, 0.6) is 0 Å². The van der Waals surface area contributed by atoms with Crippen LogP contribution in [0.2, 0.25) is 0 Å². The highest BCUT2D eigenvalue weighted by Gasteiger charge is 2.26. The van der Waals surface area contributed by atoms with Crippen LogP contribution in [0.15, 0.2) is 23.5 Å². The molecule has 0 radical (unpaired) electrons. The van der Waals surface area contributed by atoms with Crippen LogP contribution in [0.25, 0.3) is 6.08 Å². The molecule has 1 aromatic rings. The van der Waals surface area contributed by atoms with Crippen LogP contribution in [0.1, 0.15) is 0 Å². The fraction of sp³-hybridized carbons (Fsp3) is 0.200. The molecule has 0 aromatic carbocycles. The van der Waals surface area contributed by atoms with Crippen molar-refractivity contribution in [2.24, 2.45) is 10.9 Å². The molecule has 1 aliphatic rings. The molecule has 0 saturated carbocycles. The number of hydrogen-bond donors (Lipinski definition) is 0. The number of esters is 1. The third-order valence-electron chi connectivity index (χ3n) is 2.13. The van der Waals surface area contributed by atoms with Gasteiger partial charge in [-0.2, -0.15) is 0 Å². The molecule has 0 aliphatic carbocycles. The molecule has 1 unspecified atom stereocenters. The van der Waals surface area contributed by atoms with E-state index in [0.717, 1.165) is 5.22 Å². The molecule has 1 aliphatic heterocycles. The minimum Gasteiger partial charge on any atom is -0.468 e. The molecule has 76 valence electrons. The zero-order valence-electron chi connectivity index (χ0n) is 8.01. The molecule has 0 saturated heterocycles. The standard InChI is InChI=1S/C10H8N2O3/c1-15-10(14)7-4-6-2-3-11-5-8(6)12-9(7)13/h2-5,7H,1H3. The SMILES string of the molecule is COC(=O)C1C=c2ccncc2=NC1=O. The van der Waals surface area contributed by atoms with Crippen LogP contribution in [0.4, 0.5) is 0 Å². The van der Waals surface area contributed by atoms with E-state index < -0.39 is 17.8 Å². The van der Waals surface area contributed by atoms with E-state index >= 15 is 0 Å². The Morgan fingerprint density at radius 3 is 3.07 bits per heavy atom. The van der Waals surface area contributed by atoms with Crippen molar-refractivity contribution in [3.8, 4) is 0 Å². The molecule has 5 nitrogen and oxygen atoms in total. The summed E-state index contributed by atoms with van der Waals surface area (Å²) in [6, 6.07) is 1.70. The summed E-state index contributed by atoms with van der Waals surface area (Å²) in [5.74, 6) is -2.03. The lowest BCUT2D eigenvalue weighted by molar-refractivity contribution is -0.146. The molecule has 15 heavy (non-hydrogen) atoms. The zero-order chi connectivity index (χ0) is 10.8. The van der Waals surface area contributed by atoms with Crippen molar-refractivity contribution in [1.82, 2.24) is 4.98 Å². The monoisotopic (exact) mass is 204 g/mol. The summed E-state index contributed by atoms with van der Waals surface area (Å²) in [6.07, 6.45) is 4.60. The first-order chi connectivity index (χ1) is 7.22. The van der Waals surface area contributed by atoms with Crippen molar-refractivity contribution in [3.05, 3.63) is 29.0 Å². The number of fused-ring (bicyclic) bond motifs is 1. The zero-order valence-corrected chi connectivity index (χ0v) is 8.01. The van der Waals surface area contributed by atoms with Gasteiger partial charge in [0.25, 0.3) is 5.91 Å². The number of hydrogen-bond acceptors (Lipinski definition) is 4. The van der Waals surface area contributed by atoms with E-state index in [1.165, 1.54) is 19.4 Å². The van der Waals surface area contributed by atoms with Gasteiger partial charge in [-0.25, -0.2) is 4.99 Å². The van der Waals surface area contributed by atoms with Crippen molar-refractivity contribution >= 4 is 18.0 Å². The molecule has 2 rings (SSSR count). The van der Waals surface area contributed by atoms with E-state index in [1.807, 2.05) is 0 Å². The smallest absolute Gasteiger partial charge is 0.322 e. The van der Waals surface area contributed by atoms with Crippen molar-refractivity contribution in [2.75, 3.05) is 7.11 Å². The number of aromatic nitrogens is 1. The summed E-state index contributed by atoms with van der Waals surface area (Å²) < 4.78 is 4.51. The van der Waals surface area contributed by atoms with E-state index in [2.05, 4.69) is 14.7 Å². The number of rotatable bonds is 1. The Morgan fingerprint density at radius 2 is 2.33 bits per heavy atom. The lowest BCUT2D eigenvalue weighted by Gasteiger charge is -2.08. The third kappa shape index (κ3) is 1.63. The van der Waals surface area contributed by atoms with Crippen molar-refractivity contribution in [1.29, 1.82) is 0 Å². The molecule has 0 fully saturated rings. The van der Waals surface area contributed by atoms with Crippen LogP contribution in [0, 0.1) is 5.92 Å². The Morgan fingerprint density at radius 1 is 1.53 bits per heavy atom. The highest BCUT2D eigenvalue weighted by Crippen LogP contribution is 2.05. The van der Waals surface area contributed by atoms with Gasteiger partial charge in [0.1, 0.15) is 0 Å². The predicted octanol–water partition coefficient (Wildman–Crippen LogP) is -1.19. The fourth-order valence-corrected chi connectivity index (χ4v) is 1.37. The van der Waals surface area contributed by atoms with Gasteiger partial charge < -0.3 is 4.74 Å². The average Bonchev–Trinajstić information content (AvgIpc) is 2.27. The Labute approximate surface area is 85.1 Å². The molecular formula is C10H8N2O3. The lowest BCUT2D eigenvalue weighted by atomic mass is 10.1. The first-order valence-corrected chi connectivity index (χ1v) is 4.34. The van der Waals surface area contributed by atoms with Gasteiger partial charge >= 0.3 is 5.97 Å². The van der Waals surface area contributed by atoms with Crippen molar-refractivity contribution in [2.45, 2.75) is 0 Å². The van der Waals surface area contributed by atoms with Gasteiger partial charge in [0, 0.05) is 11.4 Å². The molecule has 0 spiro atoms. The Bertz CT molecular complexity index is 536. The number of nitrogens with zero attached hydrogens (tertiary/aromatic N) is 2. The van der Waals surface area contributed by atoms with Gasteiger partial charge in [0.15, 0.2) is 5.92 Å². The number of carbonyl (C=O) groups excluding carboxylic acids is 2. The number of pyridine rings is 1. The summed E-state index contributed by atoms with van der Waals surface area (Å²) >= 11 is 0. The van der Waals surface area contributed by atoms with Crippen LogP contribution in [-0.2, 0) is 14.3 Å². The highest BCUT2D eigenvalue weighted by atomic mass is 16.5. The first-order valence-electron chi connectivity index (χ1n) is 4.34. The Balaban J connectivity index is 2.56. The number of ether oxygens (including phenoxy) is 1. The van der Waals surface area contributed by atoms with E-state index in [9.17, 15) is 9.59 Å². The maximum atomic E-state index is 11.4. The molecule has 0 bridgehead atoms. The van der Waals surface area contributed by atoms with Crippen LogP contribution in [-0.4, -0.2) is 24.0 Å². The molecular weight excluding hydrogens is 196 g/mol. The maximum absolute atomic E-state index is 11.4. The second kappa shape index (κ2) is 3.61. The predicted molar refractivity (Wildman–Crippen MR) is 50.0 cm³/mol. The van der Waals surface area contributed by atoms with Gasteiger partial charge in [0.2, 0.25) is 0 Å². The number of methoxy groups -OCH3 is 1.